The Morgan fingerprint density at radius 2 is 1.68 bits per heavy atom. The van der Waals surface area contributed by atoms with Gasteiger partial charge in [0.1, 0.15) is 0 Å². The summed E-state index contributed by atoms with van der Waals surface area (Å²) in [5.74, 6) is 0. The molecular formula is C16H23Cl2N. The summed E-state index contributed by atoms with van der Waals surface area (Å²) in [6, 6.07) is 5.47. The number of aryl methyl sites for hydroxylation is 2. The molecule has 0 amide bonds. The normalized spacial score (nSPS) is 22.9. The van der Waals surface area contributed by atoms with Crippen LogP contribution in [0.4, 0.5) is 0 Å². The van der Waals surface area contributed by atoms with Gasteiger partial charge in [-0.2, -0.15) is 0 Å². The van der Waals surface area contributed by atoms with E-state index in [4.69, 9.17) is 23.2 Å². The molecule has 0 aromatic heterocycles. The van der Waals surface area contributed by atoms with E-state index in [1.165, 1.54) is 36.8 Å². The van der Waals surface area contributed by atoms with Crippen LogP contribution in [0.5, 0.6) is 0 Å². The Hall–Kier alpha value is -0.240. The molecule has 0 bridgehead atoms. The number of benzene rings is 1. The van der Waals surface area contributed by atoms with Crippen molar-refractivity contribution in [1.29, 1.82) is 0 Å². The lowest BCUT2D eigenvalue weighted by atomic mass is 9.98. The smallest absolute Gasteiger partial charge is 0.0595 e. The molecule has 1 aliphatic heterocycles. The van der Waals surface area contributed by atoms with Crippen LogP contribution in [0.25, 0.3) is 0 Å². The number of hydrogen-bond acceptors (Lipinski definition) is 1. The van der Waals surface area contributed by atoms with Crippen molar-refractivity contribution < 1.29 is 0 Å². The summed E-state index contributed by atoms with van der Waals surface area (Å²) in [6.07, 6.45) is 7.17. The summed E-state index contributed by atoms with van der Waals surface area (Å²) in [5.41, 5.74) is 2.69. The lowest BCUT2D eigenvalue weighted by Crippen LogP contribution is -2.29. The molecular weight excluding hydrogens is 277 g/mol. The Bertz CT molecular complexity index is 431. The molecule has 1 heterocycles. The maximum atomic E-state index is 6.14. The Morgan fingerprint density at radius 1 is 1.05 bits per heavy atom. The summed E-state index contributed by atoms with van der Waals surface area (Å²) in [5, 5.41) is 5.07. The van der Waals surface area contributed by atoms with Gasteiger partial charge in [-0.25, -0.2) is 0 Å². The second-order valence-electron chi connectivity index (χ2n) is 5.47. The van der Waals surface area contributed by atoms with Crippen LogP contribution in [0.15, 0.2) is 12.1 Å². The minimum absolute atomic E-state index is 0.670. The van der Waals surface area contributed by atoms with Crippen molar-refractivity contribution in [2.45, 2.75) is 64.5 Å². The van der Waals surface area contributed by atoms with Crippen molar-refractivity contribution >= 4 is 23.2 Å². The van der Waals surface area contributed by atoms with E-state index in [0.717, 1.165) is 18.9 Å². The Morgan fingerprint density at radius 3 is 2.26 bits per heavy atom. The van der Waals surface area contributed by atoms with Crippen molar-refractivity contribution in [1.82, 2.24) is 5.32 Å². The third kappa shape index (κ3) is 3.87. The van der Waals surface area contributed by atoms with E-state index in [1.54, 1.807) is 0 Å². The average molecular weight is 300 g/mol. The molecule has 1 fully saturated rings. The second kappa shape index (κ2) is 6.97. The standard InChI is InChI=1S/C16H23Cl2N/c1-3-11-9-15(17)16(18)10-12(11)5-6-14-8-7-13(4-2)19-14/h9-10,13-14,19H,3-8H2,1-2H3. The van der Waals surface area contributed by atoms with Crippen LogP contribution in [0.3, 0.4) is 0 Å². The molecule has 106 valence electrons. The van der Waals surface area contributed by atoms with E-state index in [-0.39, 0.29) is 0 Å². The van der Waals surface area contributed by atoms with Crippen LogP contribution in [0, 0.1) is 0 Å². The van der Waals surface area contributed by atoms with Gasteiger partial charge in [0.15, 0.2) is 0 Å². The zero-order valence-electron chi connectivity index (χ0n) is 11.8. The highest BCUT2D eigenvalue weighted by atomic mass is 35.5. The van der Waals surface area contributed by atoms with E-state index < -0.39 is 0 Å². The SMILES string of the molecule is CCc1cc(Cl)c(Cl)cc1CCC1CCC(CC)N1. The van der Waals surface area contributed by atoms with Crippen LogP contribution in [-0.4, -0.2) is 12.1 Å². The Kier molecular flexibility index (Phi) is 5.56. The van der Waals surface area contributed by atoms with Gasteiger partial charge in [0.05, 0.1) is 10.0 Å². The lowest BCUT2D eigenvalue weighted by Gasteiger charge is -2.15. The van der Waals surface area contributed by atoms with E-state index in [9.17, 15) is 0 Å². The number of halogens is 2. The Balaban J connectivity index is 1.97. The molecule has 1 aromatic rings. The molecule has 1 nitrogen and oxygen atoms in total. The molecule has 0 saturated carbocycles. The molecule has 0 radical (unpaired) electrons. The summed E-state index contributed by atoms with van der Waals surface area (Å²) >= 11 is 12.2. The summed E-state index contributed by atoms with van der Waals surface area (Å²) in [7, 11) is 0. The minimum Gasteiger partial charge on any atom is -0.311 e. The first-order chi connectivity index (χ1) is 9.13. The summed E-state index contributed by atoms with van der Waals surface area (Å²) in [6.45, 7) is 4.43. The molecule has 2 rings (SSSR count). The van der Waals surface area contributed by atoms with Crippen LogP contribution < -0.4 is 5.32 Å². The molecule has 1 N–H and O–H groups in total. The average Bonchev–Trinajstić information content (AvgIpc) is 2.87. The predicted molar refractivity (Wildman–Crippen MR) is 84.4 cm³/mol. The topological polar surface area (TPSA) is 12.0 Å². The molecule has 1 aliphatic rings. The molecule has 2 unspecified atom stereocenters. The van der Waals surface area contributed by atoms with Gasteiger partial charge >= 0.3 is 0 Å². The van der Waals surface area contributed by atoms with E-state index in [1.807, 2.05) is 6.07 Å². The zero-order chi connectivity index (χ0) is 13.8. The third-order valence-corrected chi connectivity index (χ3v) is 4.94. The first-order valence-electron chi connectivity index (χ1n) is 7.36. The van der Waals surface area contributed by atoms with Crippen molar-refractivity contribution in [3.8, 4) is 0 Å². The van der Waals surface area contributed by atoms with Gasteiger partial charge < -0.3 is 5.32 Å². The van der Waals surface area contributed by atoms with Gasteiger partial charge in [0.2, 0.25) is 0 Å². The highest BCUT2D eigenvalue weighted by Crippen LogP contribution is 2.28. The zero-order valence-corrected chi connectivity index (χ0v) is 13.3. The molecule has 1 saturated heterocycles. The van der Waals surface area contributed by atoms with Crippen molar-refractivity contribution in [3.05, 3.63) is 33.3 Å². The van der Waals surface area contributed by atoms with E-state index in [0.29, 0.717) is 16.1 Å². The number of nitrogens with one attached hydrogen (secondary N) is 1. The van der Waals surface area contributed by atoms with Crippen molar-refractivity contribution in [2.75, 3.05) is 0 Å². The maximum absolute atomic E-state index is 6.14. The summed E-state index contributed by atoms with van der Waals surface area (Å²) < 4.78 is 0. The third-order valence-electron chi connectivity index (χ3n) is 4.21. The largest absolute Gasteiger partial charge is 0.311 e. The van der Waals surface area contributed by atoms with Crippen molar-refractivity contribution in [3.63, 3.8) is 0 Å². The fourth-order valence-electron chi connectivity index (χ4n) is 2.97. The van der Waals surface area contributed by atoms with Gasteiger partial charge in [-0.15, -0.1) is 0 Å². The van der Waals surface area contributed by atoms with Crippen LogP contribution >= 0.6 is 23.2 Å². The van der Waals surface area contributed by atoms with Gasteiger partial charge in [-0.1, -0.05) is 37.0 Å². The van der Waals surface area contributed by atoms with Crippen LogP contribution in [0.1, 0.15) is 50.7 Å². The number of hydrogen-bond donors (Lipinski definition) is 1. The second-order valence-corrected chi connectivity index (χ2v) is 6.29. The molecule has 1 aromatic carbocycles. The first-order valence-corrected chi connectivity index (χ1v) is 8.12. The fourth-order valence-corrected chi connectivity index (χ4v) is 3.35. The van der Waals surface area contributed by atoms with Gasteiger partial charge in [0, 0.05) is 12.1 Å². The molecule has 0 spiro atoms. The van der Waals surface area contributed by atoms with Gasteiger partial charge in [-0.05, 0) is 61.8 Å². The minimum atomic E-state index is 0.670. The fraction of sp³-hybridized carbons (Fsp3) is 0.625. The Labute approximate surface area is 126 Å². The van der Waals surface area contributed by atoms with E-state index in [2.05, 4.69) is 25.2 Å². The lowest BCUT2D eigenvalue weighted by molar-refractivity contribution is 0.502. The highest BCUT2D eigenvalue weighted by molar-refractivity contribution is 6.42. The van der Waals surface area contributed by atoms with Crippen LogP contribution in [0.2, 0.25) is 10.0 Å². The predicted octanol–water partition coefficient (Wildman–Crippen LogP) is 5.02. The summed E-state index contributed by atoms with van der Waals surface area (Å²) in [4.78, 5) is 0. The number of rotatable bonds is 5. The molecule has 2 atom stereocenters. The van der Waals surface area contributed by atoms with E-state index >= 15 is 0 Å². The monoisotopic (exact) mass is 299 g/mol. The molecule has 19 heavy (non-hydrogen) atoms. The molecule has 0 aliphatic carbocycles. The van der Waals surface area contributed by atoms with Gasteiger partial charge in [-0.3, -0.25) is 0 Å². The first kappa shape index (κ1) is 15.2. The van der Waals surface area contributed by atoms with Crippen molar-refractivity contribution in [2.24, 2.45) is 0 Å². The van der Waals surface area contributed by atoms with Gasteiger partial charge in [0.25, 0.3) is 0 Å². The molecule has 3 heteroatoms. The quantitative estimate of drug-likeness (QED) is 0.805. The maximum Gasteiger partial charge on any atom is 0.0595 e. The van der Waals surface area contributed by atoms with Crippen LogP contribution in [-0.2, 0) is 12.8 Å². The highest BCUT2D eigenvalue weighted by Gasteiger charge is 2.22.